The van der Waals surface area contributed by atoms with Crippen LogP contribution in [0.5, 0.6) is 0 Å². The van der Waals surface area contributed by atoms with Gasteiger partial charge in [0.1, 0.15) is 9.84 Å². The quantitative estimate of drug-likeness (QED) is 0.718. The normalized spacial score (nSPS) is 23.6. The molecule has 1 rings (SSSR count). The largest absolute Gasteiger partial charge is 0.327 e. The minimum absolute atomic E-state index is 0.133. The van der Waals surface area contributed by atoms with Crippen molar-refractivity contribution in [1.82, 2.24) is 4.90 Å². The molecule has 4 nitrogen and oxygen atoms in total. The number of nitrogens with zero attached hydrogens (tertiary/aromatic N) is 1. The van der Waals surface area contributed by atoms with Crippen molar-refractivity contribution in [3.8, 4) is 0 Å². The van der Waals surface area contributed by atoms with Crippen LogP contribution >= 0.6 is 0 Å². The van der Waals surface area contributed by atoms with Gasteiger partial charge in [0.25, 0.3) is 0 Å². The van der Waals surface area contributed by atoms with E-state index in [-0.39, 0.29) is 11.3 Å². The van der Waals surface area contributed by atoms with Gasteiger partial charge in [-0.3, -0.25) is 0 Å². The third-order valence-corrected chi connectivity index (χ3v) is 4.37. The molecule has 5 heteroatoms. The number of piperidine rings is 1. The Bertz CT molecular complexity index is 267. The molecule has 1 aliphatic rings. The maximum atomic E-state index is 11.3. The van der Waals surface area contributed by atoms with Gasteiger partial charge in [-0.2, -0.15) is 0 Å². The van der Waals surface area contributed by atoms with Gasteiger partial charge in [-0.15, -0.1) is 0 Å². The maximum absolute atomic E-state index is 11.3. The second-order valence-electron chi connectivity index (χ2n) is 4.31. The Morgan fingerprint density at radius 3 is 2.29 bits per heavy atom. The Hall–Kier alpha value is -0.130. The molecule has 0 radical (unpaired) electrons. The summed E-state index contributed by atoms with van der Waals surface area (Å²) in [7, 11) is -2.84. The monoisotopic (exact) mass is 220 g/mol. The van der Waals surface area contributed by atoms with Crippen LogP contribution in [0.1, 0.15) is 19.8 Å². The Labute approximate surface area is 86.4 Å². The van der Waals surface area contributed by atoms with E-state index in [4.69, 9.17) is 5.73 Å². The first-order valence-electron chi connectivity index (χ1n) is 5.06. The van der Waals surface area contributed by atoms with E-state index in [1.54, 1.807) is 0 Å². The maximum Gasteiger partial charge on any atom is 0.150 e. The van der Waals surface area contributed by atoms with Crippen LogP contribution in [0.2, 0.25) is 0 Å². The molecule has 1 atom stereocenters. The number of likely N-dealkylation sites (tertiary alicyclic amines) is 1. The lowest BCUT2D eigenvalue weighted by atomic mass is 10.1. The zero-order valence-electron chi connectivity index (χ0n) is 8.94. The van der Waals surface area contributed by atoms with Crippen LogP contribution in [0.25, 0.3) is 0 Å². The topological polar surface area (TPSA) is 63.4 Å². The molecule has 14 heavy (non-hydrogen) atoms. The van der Waals surface area contributed by atoms with Gasteiger partial charge in [0.15, 0.2) is 0 Å². The number of nitrogens with two attached hydrogens (primary N) is 1. The molecule has 0 aliphatic carbocycles. The van der Waals surface area contributed by atoms with Crippen molar-refractivity contribution in [2.45, 2.75) is 31.1 Å². The summed E-state index contributed by atoms with van der Waals surface area (Å²) in [6.07, 6.45) is 2.84. The molecule has 0 aromatic carbocycles. The second kappa shape index (κ2) is 4.59. The Kier molecular flexibility index (Phi) is 3.92. The Balaban J connectivity index is 2.39. The highest BCUT2D eigenvalue weighted by atomic mass is 32.2. The summed E-state index contributed by atoms with van der Waals surface area (Å²) >= 11 is 0. The number of rotatable bonds is 3. The number of hydrogen-bond donors (Lipinski definition) is 1. The van der Waals surface area contributed by atoms with E-state index in [1.807, 2.05) is 6.92 Å². The van der Waals surface area contributed by atoms with Crippen molar-refractivity contribution < 1.29 is 8.42 Å². The minimum Gasteiger partial charge on any atom is -0.327 e. The van der Waals surface area contributed by atoms with E-state index in [0.717, 1.165) is 32.5 Å². The van der Waals surface area contributed by atoms with Gasteiger partial charge < -0.3 is 10.6 Å². The average Bonchev–Trinajstić information content (AvgIpc) is 2.02. The first kappa shape index (κ1) is 11.9. The molecule has 1 heterocycles. The fraction of sp³-hybridized carbons (Fsp3) is 1.00. The molecular weight excluding hydrogens is 200 g/mol. The van der Waals surface area contributed by atoms with Crippen molar-refractivity contribution in [2.24, 2.45) is 5.73 Å². The summed E-state index contributed by atoms with van der Waals surface area (Å²) in [5.41, 5.74) is 5.68. The van der Waals surface area contributed by atoms with Crippen LogP contribution in [0.3, 0.4) is 0 Å². The van der Waals surface area contributed by atoms with E-state index in [1.165, 1.54) is 6.26 Å². The lowest BCUT2D eigenvalue weighted by Gasteiger charge is -2.31. The van der Waals surface area contributed by atoms with Gasteiger partial charge in [-0.1, -0.05) is 0 Å². The SMILES string of the molecule is CC(N)CN1CCC(S(C)(=O)=O)CC1. The first-order valence-corrected chi connectivity index (χ1v) is 7.02. The van der Waals surface area contributed by atoms with Crippen LogP contribution < -0.4 is 5.73 Å². The van der Waals surface area contributed by atoms with Crippen molar-refractivity contribution in [3.05, 3.63) is 0 Å². The van der Waals surface area contributed by atoms with Crippen molar-refractivity contribution in [2.75, 3.05) is 25.9 Å². The van der Waals surface area contributed by atoms with E-state index in [0.29, 0.717) is 0 Å². The van der Waals surface area contributed by atoms with Gasteiger partial charge in [-0.25, -0.2) is 8.42 Å². The number of hydrogen-bond acceptors (Lipinski definition) is 4. The molecule has 0 spiro atoms. The summed E-state index contributed by atoms with van der Waals surface area (Å²) in [6, 6.07) is 0.171. The van der Waals surface area contributed by atoms with Crippen LogP contribution in [0, 0.1) is 0 Å². The van der Waals surface area contributed by atoms with E-state index in [9.17, 15) is 8.42 Å². The van der Waals surface area contributed by atoms with Gasteiger partial charge in [-0.05, 0) is 32.9 Å². The fourth-order valence-electron chi connectivity index (χ4n) is 1.93. The van der Waals surface area contributed by atoms with E-state index in [2.05, 4.69) is 4.90 Å². The van der Waals surface area contributed by atoms with Crippen LogP contribution in [-0.2, 0) is 9.84 Å². The second-order valence-corrected chi connectivity index (χ2v) is 6.63. The molecule has 1 saturated heterocycles. The zero-order chi connectivity index (χ0) is 10.8. The summed E-state index contributed by atoms with van der Waals surface area (Å²) in [5, 5.41) is -0.133. The molecule has 0 amide bonds. The molecule has 84 valence electrons. The predicted octanol–water partition coefficient (Wildman–Crippen LogP) is -0.157. The van der Waals surface area contributed by atoms with E-state index < -0.39 is 9.84 Å². The van der Waals surface area contributed by atoms with Gasteiger partial charge in [0.05, 0.1) is 5.25 Å². The third kappa shape index (κ3) is 3.55. The lowest BCUT2D eigenvalue weighted by molar-refractivity contribution is 0.221. The summed E-state index contributed by atoms with van der Waals surface area (Å²) in [5.74, 6) is 0. The molecule has 0 aromatic rings. The van der Waals surface area contributed by atoms with Gasteiger partial charge in [0, 0.05) is 18.8 Å². The molecule has 0 aromatic heterocycles. The highest BCUT2D eigenvalue weighted by Crippen LogP contribution is 2.16. The first-order chi connectivity index (χ1) is 6.39. The predicted molar refractivity (Wildman–Crippen MR) is 58.0 cm³/mol. The molecule has 1 aliphatic heterocycles. The highest BCUT2D eigenvalue weighted by molar-refractivity contribution is 7.91. The minimum atomic E-state index is -2.84. The van der Waals surface area contributed by atoms with Crippen molar-refractivity contribution in [3.63, 3.8) is 0 Å². The van der Waals surface area contributed by atoms with Crippen molar-refractivity contribution in [1.29, 1.82) is 0 Å². The summed E-state index contributed by atoms with van der Waals surface area (Å²) in [6.45, 7) is 4.57. The Morgan fingerprint density at radius 2 is 1.93 bits per heavy atom. The molecule has 1 fully saturated rings. The Morgan fingerprint density at radius 1 is 1.43 bits per heavy atom. The lowest BCUT2D eigenvalue weighted by Crippen LogP contribution is -2.43. The molecule has 0 saturated carbocycles. The number of sulfone groups is 1. The van der Waals surface area contributed by atoms with Gasteiger partial charge in [0.2, 0.25) is 0 Å². The van der Waals surface area contributed by atoms with Crippen LogP contribution in [-0.4, -0.2) is 50.5 Å². The van der Waals surface area contributed by atoms with E-state index >= 15 is 0 Å². The van der Waals surface area contributed by atoms with Gasteiger partial charge >= 0.3 is 0 Å². The highest BCUT2D eigenvalue weighted by Gasteiger charge is 2.26. The molecule has 1 unspecified atom stereocenters. The standard InChI is InChI=1S/C9H20N2O2S/c1-8(10)7-11-5-3-9(4-6-11)14(2,12)13/h8-9H,3-7,10H2,1-2H3. The molecular formula is C9H20N2O2S. The fourth-order valence-corrected chi connectivity index (χ4v) is 2.99. The van der Waals surface area contributed by atoms with Crippen molar-refractivity contribution >= 4 is 9.84 Å². The zero-order valence-corrected chi connectivity index (χ0v) is 9.76. The van der Waals surface area contributed by atoms with Crippen LogP contribution in [0.15, 0.2) is 0 Å². The average molecular weight is 220 g/mol. The molecule has 2 N–H and O–H groups in total. The third-order valence-electron chi connectivity index (χ3n) is 2.69. The summed E-state index contributed by atoms with van der Waals surface area (Å²) < 4.78 is 22.5. The summed E-state index contributed by atoms with van der Waals surface area (Å²) in [4.78, 5) is 2.24. The van der Waals surface area contributed by atoms with Crippen LogP contribution in [0.4, 0.5) is 0 Å². The smallest absolute Gasteiger partial charge is 0.150 e. The molecule has 0 bridgehead atoms.